The van der Waals surface area contributed by atoms with Crippen molar-refractivity contribution in [3.63, 3.8) is 0 Å². The second kappa shape index (κ2) is 3.85. The predicted octanol–water partition coefficient (Wildman–Crippen LogP) is 1.02. The summed E-state index contributed by atoms with van der Waals surface area (Å²) in [6.07, 6.45) is 10.4. The van der Waals surface area contributed by atoms with Crippen molar-refractivity contribution in [3.8, 4) is 17.9 Å². The van der Waals surface area contributed by atoms with Gasteiger partial charge in [-0.05, 0) is 19.3 Å². The minimum absolute atomic E-state index is 1.06. The van der Waals surface area contributed by atoms with Crippen LogP contribution in [0.2, 0.25) is 0 Å². The zero-order valence-corrected chi connectivity index (χ0v) is 5.98. The molecule has 0 spiro atoms. The Morgan fingerprint density at radius 2 is 1.80 bits per heavy atom. The molecule has 10 heavy (non-hydrogen) atoms. The molecule has 51 valence electrons. The van der Waals surface area contributed by atoms with Gasteiger partial charge in [-0.2, -0.15) is 0 Å². The van der Waals surface area contributed by atoms with Crippen molar-refractivity contribution < 1.29 is 0 Å². The molecule has 0 aromatic carbocycles. The molecule has 0 bridgehead atoms. The molecule has 0 aromatic heterocycles. The van der Waals surface area contributed by atoms with Crippen molar-refractivity contribution in [1.29, 1.82) is 0 Å². The van der Waals surface area contributed by atoms with Crippen LogP contribution < -0.4 is 0 Å². The van der Waals surface area contributed by atoms with E-state index in [-0.39, 0.29) is 0 Å². The summed E-state index contributed by atoms with van der Waals surface area (Å²) in [5, 5.41) is 0. The molecule has 1 aliphatic rings. The maximum atomic E-state index is 6.57. The zero-order valence-electron chi connectivity index (χ0n) is 5.98. The highest BCUT2D eigenvalue weighted by Crippen LogP contribution is 2.06. The Morgan fingerprint density at radius 1 is 1.10 bits per heavy atom. The third kappa shape index (κ3) is 2.03. The Kier molecular flexibility index (Phi) is 2.71. The second-order valence-corrected chi connectivity index (χ2v) is 2.41. The van der Waals surface area contributed by atoms with Crippen LogP contribution in [0, 0.1) is 24.3 Å². The average molecular weight is 132 g/mol. The maximum absolute atomic E-state index is 6.57. The van der Waals surface area contributed by atoms with Gasteiger partial charge in [0.2, 0.25) is 0 Å². The first-order valence-electron chi connectivity index (χ1n) is 3.61. The van der Waals surface area contributed by atoms with Gasteiger partial charge in [0.05, 0.1) is 0 Å². The largest absolute Gasteiger partial charge is 0.332 e. The molecule has 1 aliphatic heterocycles. The molecule has 0 saturated carbocycles. The van der Waals surface area contributed by atoms with Gasteiger partial charge in [0.25, 0.3) is 0 Å². The monoisotopic (exact) mass is 132 g/mol. The first-order valence-corrected chi connectivity index (χ1v) is 3.61. The fraction of sp³-hybridized carbons (Fsp3) is 0.556. The Bertz CT molecular complexity index is 183. The Balaban J connectivity index is 2.34. The van der Waals surface area contributed by atoms with Crippen molar-refractivity contribution in [2.75, 3.05) is 13.1 Å². The van der Waals surface area contributed by atoms with Gasteiger partial charge in [-0.15, -0.1) is 0 Å². The summed E-state index contributed by atoms with van der Waals surface area (Å²) in [6.45, 7) is 2.13. The number of piperidine rings is 1. The molecule has 0 atom stereocenters. The molecule has 0 unspecified atom stereocenters. The molecule has 1 heterocycles. The molecule has 1 fully saturated rings. The highest BCUT2D eigenvalue weighted by atomic mass is 15.1. The van der Waals surface area contributed by atoms with Crippen LogP contribution >= 0.6 is 0 Å². The van der Waals surface area contributed by atoms with E-state index < -0.39 is 0 Å². The molecule has 0 aliphatic carbocycles. The maximum Gasteiger partial charge on any atom is 0.0260 e. The van der Waals surface area contributed by atoms with Gasteiger partial charge in [0.15, 0.2) is 0 Å². The lowest BCUT2D eigenvalue weighted by atomic mass is 10.1. The molecule has 1 nitrogen and oxygen atoms in total. The number of hydrogen-bond acceptors (Lipinski definition) is 1. The molecular weight excluding hydrogens is 122 g/mol. The second-order valence-electron chi connectivity index (χ2n) is 2.41. The summed E-state index contributed by atoms with van der Waals surface area (Å²) in [5.74, 6) is 4.57. The van der Waals surface area contributed by atoms with Crippen molar-refractivity contribution in [1.82, 2.24) is 4.90 Å². The van der Waals surface area contributed by atoms with Crippen LogP contribution in [-0.2, 0) is 0 Å². The van der Waals surface area contributed by atoms with Gasteiger partial charge in [-0.3, -0.25) is 0 Å². The molecule has 1 heteroatoms. The minimum Gasteiger partial charge on any atom is -0.332 e. The SMILES string of the molecule is [C]#CC#CN1CCCCC1. The average Bonchev–Trinajstić information content (AvgIpc) is 2.03. The van der Waals surface area contributed by atoms with E-state index in [0.717, 1.165) is 13.1 Å². The van der Waals surface area contributed by atoms with Crippen molar-refractivity contribution in [2.45, 2.75) is 19.3 Å². The van der Waals surface area contributed by atoms with E-state index >= 15 is 0 Å². The third-order valence-electron chi connectivity index (χ3n) is 1.63. The summed E-state index contributed by atoms with van der Waals surface area (Å²) in [7, 11) is 0. The number of hydrogen-bond donors (Lipinski definition) is 0. The van der Waals surface area contributed by atoms with E-state index in [9.17, 15) is 0 Å². The third-order valence-corrected chi connectivity index (χ3v) is 1.63. The first-order chi connectivity index (χ1) is 4.93. The quantitative estimate of drug-likeness (QED) is 0.445. The summed E-state index contributed by atoms with van der Waals surface area (Å²) in [6, 6.07) is 2.86. The van der Waals surface area contributed by atoms with Crippen molar-refractivity contribution in [2.24, 2.45) is 0 Å². The van der Waals surface area contributed by atoms with Crippen LogP contribution in [0.25, 0.3) is 0 Å². The number of likely N-dealkylation sites (tertiary alicyclic amines) is 1. The summed E-state index contributed by atoms with van der Waals surface area (Å²) >= 11 is 0. The summed E-state index contributed by atoms with van der Waals surface area (Å²) < 4.78 is 0. The van der Waals surface area contributed by atoms with E-state index in [0.29, 0.717) is 0 Å². The van der Waals surface area contributed by atoms with Crippen LogP contribution in [0.3, 0.4) is 0 Å². The van der Waals surface area contributed by atoms with Crippen LogP contribution in [-0.4, -0.2) is 18.0 Å². The lowest BCUT2D eigenvalue weighted by Gasteiger charge is -2.21. The van der Waals surface area contributed by atoms with Crippen LogP contribution in [0.15, 0.2) is 0 Å². The molecule has 0 amide bonds. The highest BCUT2D eigenvalue weighted by molar-refractivity contribution is 5.18. The van der Waals surface area contributed by atoms with Gasteiger partial charge < -0.3 is 4.90 Å². The zero-order chi connectivity index (χ0) is 7.23. The van der Waals surface area contributed by atoms with Gasteiger partial charge >= 0.3 is 0 Å². The standard InChI is InChI=1S/C9H10N/c1-2-3-7-10-8-5-4-6-9-10/h4-6,8-9H2. The van der Waals surface area contributed by atoms with Gasteiger partial charge in [-0.25, -0.2) is 0 Å². The molecule has 1 rings (SSSR count). The van der Waals surface area contributed by atoms with E-state index in [4.69, 9.17) is 6.42 Å². The van der Waals surface area contributed by atoms with E-state index in [1.807, 2.05) is 0 Å². The van der Waals surface area contributed by atoms with E-state index in [1.54, 1.807) is 0 Å². The smallest absolute Gasteiger partial charge is 0.0260 e. The molecule has 1 radical (unpaired) electrons. The van der Waals surface area contributed by atoms with Crippen molar-refractivity contribution >= 4 is 0 Å². The highest BCUT2D eigenvalue weighted by Gasteiger charge is 2.04. The van der Waals surface area contributed by atoms with Gasteiger partial charge in [0.1, 0.15) is 0 Å². The fourth-order valence-electron chi connectivity index (χ4n) is 1.11. The van der Waals surface area contributed by atoms with Gasteiger partial charge in [0, 0.05) is 37.4 Å². The lowest BCUT2D eigenvalue weighted by molar-refractivity contribution is 0.327. The topological polar surface area (TPSA) is 3.24 Å². The molecule has 1 saturated heterocycles. The Morgan fingerprint density at radius 3 is 2.40 bits per heavy atom. The normalized spacial score (nSPS) is 16.9. The molecular formula is C9H10N. The van der Waals surface area contributed by atoms with E-state index in [1.165, 1.54) is 19.3 Å². The van der Waals surface area contributed by atoms with Crippen LogP contribution in [0.4, 0.5) is 0 Å². The first kappa shape index (κ1) is 7.03. The van der Waals surface area contributed by atoms with Crippen LogP contribution in [0.1, 0.15) is 19.3 Å². The van der Waals surface area contributed by atoms with Crippen molar-refractivity contribution in [3.05, 3.63) is 6.42 Å². The summed E-state index contributed by atoms with van der Waals surface area (Å²) in [4.78, 5) is 2.06. The summed E-state index contributed by atoms with van der Waals surface area (Å²) in [5.41, 5.74) is 0. The Labute approximate surface area is 62.4 Å². The number of rotatable bonds is 0. The molecule has 0 aromatic rings. The molecule has 0 N–H and O–H groups in total. The van der Waals surface area contributed by atoms with Gasteiger partial charge in [-0.1, -0.05) is 0 Å². The lowest BCUT2D eigenvalue weighted by Crippen LogP contribution is -2.24. The van der Waals surface area contributed by atoms with E-state index in [2.05, 4.69) is 22.8 Å². The fourth-order valence-corrected chi connectivity index (χ4v) is 1.11. The Hall–Kier alpha value is -1.08. The predicted molar refractivity (Wildman–Crippen MR) is 40.3 cm³/mol. The number of nitrogens with zero attached hydrogens (tertiary/aromatic N) is 1. The minimum atomic E-state index is 1.06. The van der Waals surface area contributed by atoms with Crippen LogP contribution in [0.5, 0.6) is 0 Å².